The molecule has 180 valence electrons. The number of hydrogen-bond acceptors (Lipinski definition) is 6. The van der Waals surface area contributed by atoms with Gasteiger partial charge < -0.3 is 15.4 Å². The summed E-state index contributed by atoms with van der Waals surface area (Å²) in [6, 6.07) is 14.0. The van der Waals surface area contributed by atoms with Crippen molar-refractivity contribution < 1.29 is 14.3 Å². The van der Waals surface area contributed by atoms with E-state index < -0.39 is 12.1 Å². The number of aromatic nitrogens is 2. The number of anilines is 2. The summed E-state index contributed by atoms with van der Waals surface area (Å²) in [6.07, 6.45) is 0.715. The smallest absolute Gasteiger partial charge is 0.319 e. The molecular weight excluding hydrogens is 450 g/mol. The number of methoxy groups -OCH3 is 1. The number of amides is 3. The van der Waals surface area contributed by atoms with Crippen molar-refractivity contribution in [2.45, 2.75) is 46.1 Å². The van der Waals surface area contributed by atoms with Gasteiger partial charge in [0.05, 0.1) is 7.11 Å². The summed E-state index contributed by atoms with van der Waals surface area (Å²) >= 11 is 1.26. The molecule has 1 heterocycles. The molecule has 2 atom stereocenters. The van der Waals surface area contributed by atoms with E-state index in [4.69, 9.17) is 4.74 Å². The first-order valence-corrected chi connectivity index (χ1v) is 12.1. The lowest BCUT2D eigenvalue weighted by Crippen LogP contribution is -2.49. The molecular formula is C25H31N5O3S. The molecule has 3 rings (SSSR count). The second-order valence-corrected chi connectivity index (χ2v) is 9.35. The molecule has 1 aromatic heterocycles. The molecule has 3 N–H and O–H groups in total. The summed E-state index contributed by atoms with van der Waals surface area (Å²) in [7, 11) is 1.60. The Hall–Kier alpha value is -3.46. The van der Waals surface area contributed by atoms with Crippen LogP contribution < -0.4 is 20.7 Å². The van der Waals surface area contributed by atoms with Crippen molar-refractivity contribution in [2.75, 3.05) is 17.7 Å². The molecule has 0 aliphatic carbocycles. The average molecular weight is 482 g/mol. The molecule has 0 spiro atoms. The van der Waals surface area contributed by atoms with Crippen LogP contribution >= 0.6 is 11.3 Å². The van der Waals surface area contributed by atoms with Gasteiger partial charge in [-0.25, -0.2) is 4.79 Å². The monoisotopic (exact) mass is 481 g/mol. The molecule has 0 saturated carbocycles. The Morgan fingerprint density at radius 1 is 1.03 bits per heavy atom. The third-order valence-corrected chi connectivity index (χ3v) is 6.48. The van der Waals surface area contributed by atoms with Crippen molar-refractivity contribution in [2.24, 2.45) is 5.92 Å². The first-order valence-electron chi connectivity index (χ1n) is 11.3. The maximum Gasteiger partial charge on any atom is 0.319 e. The first kappa shape index (κ1) is 25.2. The van der Waals surface area contributed by atoms with E-state index in [9.17, 15) is 9.59 Å². The van der Waals surface area contributed by atoms with Gasteiger partial charge in [-0.3, -0.25) is 10.1 Å². The molecule has 0 saturated heterocycles. The van der Waals surface area contributed by atoms with Crippen LogP contribution in [0.25, 0.3) is 10.6 Å². The van der Waals surface area contributed by atoms with E-state index in [2.05, 4.69) is 40.0 Å². The summed E-state index contributed by atoms with van der Waals surface area (Å²) in [5.41, 5.74) is 2.70. The largest absolute Gasteiger partial charge is 0.497 e. The van der Waals surface area contributed by atoms with E-state index in [1.54, 1.807) is 7.11 Å². The van der Waals surface area contributed by atoms with Crippen molar-refractivity contribution >= 4 is 34.1 Å². The van der Waals surface area contributed by atoms with E-state index in [1.807, 2.05) is 62.4 Å². The molecule has 0 aliphatic heterocycles. The van der Waals surface area contributed by atoms with Gasteiger partial charge >= 0.3 is 6.03 Å². The van der Waals surface area contributed by atoms with Crippen LogP contribution in [-0.2, 0) is 4.79 Å². The fourth-order valence-electron chi connectivity index (χ4n) is 3.29. The van der Waals surface area contributed by atoms with Gasteiger partial charge in [-0.2, -0.15) is 0 Å². The minimum absolute atomic E-state index is 0.0835. The Bertz CT molecular complexity index is 1110. The number of ether oxygens (including phenoxy) is 1. The van der Waals surface area contributed by atoms with E-state index in [0.717, 1.165) is 5.56 Å². The van der Waals surface area contributed by atoms with Gasteiger partial charge in [0.15, 0.2) is 0 Å². The highest BCUT2D eigenvalue weighted by atomic mass is 32.1. The molecule has 9 heteroatoms. The second-order valence-electron chi connectivity index (χ2n) is 8.37. The Balaban J connectivity index is 1.66. The van der Waals surface area contributed by atoms with E-state index in [-0.39, 0.29) is 11.8 Å². The Morgan fingerprint density at radius 2 is 1.76 bits per heavy atom. The van der Waals surface area contributed by atoms with Gasteiger partial charge in [-0.15, -0.1) is 10.2 Å². The molecule has 2 unspecified atom stereocenters. The van der Waals surface area contributed by atoms with Crippen molar-refractivity contribution in [1.82, 2.24) is 15.5 Å². The van der Waals surface area contributed by atoms with Crippen LogP contribution in [0.2, 0.25) is 0 Å². The maximum atomic E-state index is 13.0. The molecule has 2 aromatic carbocycles. The van der Waals surface area contributed by atoms with Crippen LogP contribution in [0.15, 0.2) is 48.5 Å². The lowest BCUT2D eigenvalue weighted by atomic mass is 9.98. The van der Waals surface area contributed by atoms with Crippen LogP contribution in [0.5, 0.6) is 5.75 Å². The Morgan fingerprint density at radius 3 is 2.41 bits per heavy atom. The molecule has 3 aromatic rings. The van der Waals surface area contributed by atoms with Gasteiger partial charge in [0.1, 0.15) is 16.8 Å². The van der Waals surface area contributed by atoms with Crippen molar-refractivity contribution in [3.05, 3.63) is 54.1 Å². The zero-order valence-corrected chi connectivity index (χ0v) is 20.9. The standard InChI is InChI=1S/C25H31N5O3S/c1-6-16(4)21(27-24(32)26-19-12-10-17(11-13-19)15(2)3)22(31)28-25-30-29-23(34-25)18-8-7-9-20(14-18)33-5/h7-16,21H,6H2,1-5H3,(H2,26,27,32)(H,28,30,31). The number of benzene rings is 2. The first-order chi connectivity index (χ1) is 16.3. The average Bonchev–Trinajstić information content (AvgIpc) is 3.30. The third-order valence-electron chi connectivity index (χ3n) is 5.59. The van der Waals surface area contributed by atoms with E-state index in [1.165, 1.54) is 16.9 Å². The van der Waals surface area contributed by atoms with Crippen LogP contribution in [0, 0.1) is 5.92 Å². The van der Waals surface area contributed by atoms with Crippen LogP contribution in [-0.4, -0.2) is 35.3 Å². The van der Waals surface area contributed by atoms with Crippen molar-refractivity contribution in [3.8, 4) is 16.3 Å². The van der Waals surface area contributed by atoms with Gasteiger partial charge in [0.25, 0.3) is 0 Å². The van der Waals surface area contributed by atoms with Gasteiger partial charge in [0, 0.05) is 11.3 Å². The zero-order valence-electron chi connectivity index (χ0n) is 20.1. The molecule has 8 nitrogen and oxygen atoms in total. The molecule has 3 amide bonds. The minimum atomic E-state index is -0.732. The van der Waals surface area contributed by atoms with Crippen molar-refractivity contribution in [3.63, 3.8) is 0 Å². The predicted molar refractivity (Wildman–Crippen MR) is 136 cm³/mol. The van der Waals surface area contributed by atoms with Gasteiger partial charge in [-0.1, -0.05) is 69.7 Å². The number of carbonyl (C=O) groups excluding carboxylic acids is 2. The fraction of sp³-hybridized carbons (Fsp3) is 0.360. The van der Waals surface area contributed by atoms with Crippen molar-refractivity contribution in [1.29, 1.82) is 0 Å². The summed E-state index contributed by atoms with van der Waals surface area (Å²) in [6.45, 7) is 8.12. The Kier molecular flexibility index (Phi) is 8.59. The van der Waals surface area contributed by atoms with Crippen LogP contribution in [0.1, 0.15) is 45.6 Å². The number of nitrogens with zero attached hydrogens (tertiary/aromatic N) is 2. The quantitative estimate of drug-likeness (QED) is 0.374. The molecule has 0 bridgehead atoms. The summed E-state index contributed by atoms with van der Waals surface area (Å²) in [4.78, 5) is 25.7. The predicted octanol–water partition coefficient (Wildman–Crippen LogP) is 5.51. The summed E-state index contributed by atoms with van der Waals surface area (Å²) in [5.74, 6) is 0.697. The Labute approximate surface area is 204 Å². The highest BCUT2D eigenvalue weighted by molar-refractivity contribution is 7.18. The van der Waals surface area contributed by atoms with E-state index >= 15 is 0 Å². The zero-order chi connectivity index (χ0) is 24.7. The minimum Gasteiger partial charge on any atom is -0.497 e. The topological polar surface area (TPSA) is 105 Å². The normalized spacial score (nSPS) is 12.6. The van der Waals surface area contributed by atoms with Gasteiger partial charge in [0.2, 0.25) is 11.0 Å². The molecule has 34 heavy (non-hydrogen) atoms. The van der Waals surface area contributed by atoms with E-state index in [0.29, 0.717) is 33.9 Å². The number of urea groups is 1. The lowest BCUT2D eigenvalue weighted by molar-refractivity contribution is -0.119. The summed E-state index contributed by atoms with van der Waals surface area (Å²) < 4.78 is 5.25. The summed E-state index contributed by atoms with van der Waals surface area (Å²) in [5, 5.41) is 17.7. The number of rotatable bonds is 9. The molecule has 0 aliphatic rings. The highest BCUT2D eigenvalue weighted by Gasteiger charge is 2.27. The van der Waals surface area contributed by atoms with Crippen LogP contribution in [0.3, 0.4) is 0 Å². The third kappa shape index (κ3) is 6.54. The van der Waals surface area contributed by atoms with Crippen LogP contribution in [0.4, 0.5) is 15.6 Å². The highest BCUT2D eigenvalue weighted by Crippen LogP contribution is 2.29. The maximum absolute atomic E-state index is 13.0. The fourth-order valence-corrected chi connectivity index (χ4v) is 4.03. The van der Waals surface area contributed by atoms with Gasteiger partial charge in [-0.05, 0) is 41.7 Å². The number of nitrogens with one attached hydrogen (secondary N) is 3. The SMILES string of the molecule is CCC(C)C(NC(=O)Nc1ccc(C(C)C)cc1)C(=O)Nc1nnc(-c2cccc(OC)c2)s1. The second kappa shape index (κ2) is 11.6. The lowest BCUT2D eigenvalue weighted by Gasteiger charge is -2.23. The molecule has 0 radical (unpaired) electrons. The molecule has 0 fully saturated rings. The number of hydrogen-bond donors (Lipinski definition) is 3. The number of carbonyl (C=O) groups is 2.